The number of benzene rings is 4. The van der Waals surface area contributed by atoms with Gasteiger partial charge in [-0.2, -0.15) is 0 Å². The fourth-order valence-electron chi connectivity index (χ4n) is 5.28. The molecule has 0 spiro atoms. The molecule has 1 aliphatic heterocycles. The van der Waals surface area contributed by atoms with E-state index in [0.717, 1.165) is 46.9 Å². The number of aliphatic imine (C=N–C) groups is 2. The van der Waals surface area contributed by atoms with Crippen LogP contribution in [0.2, 0.25) is 0 Å². The average molecular weight is 479 g/mol. The molecule has 4 aromatic carbocycles. The van der Waals surface area contributed by atoms with Gasteiger partial charge in [0.15, 0.2) is 6.17 Å². The molecule has 0 saturated carbocycles. The standard InChI is InChI=1S/C33H26N4/c1-3-11-23(12-4-1)31-34-32(24-13-5-2-6-14-24)36-33(35-31)25-19-21-26(22-20-25)37-29-17-9-7-15-27(29)28-16-8-10-18-30(28)37/h1,3-5,7-22,31H,2,6H2,(H,34,35,36). The molecule has 5 aromatic rings. The largest absolute Gasteiger partial charge is 0.324 e. The first kappa shape index (κ1) is 21.6. The maximum atomic E-state index is 5.02. The van der Waals surface area contributed by atoms with Crippen LogP contribution in [-0.2, 0) is 0 Å². The smallest absolute Gasteiger partial charge is 0.169 e. The van der Waals surface area contributed by atoms with Crippen LogP contribution in [0.3, 0.4) is 0 Å². The van der Waals surface area contributed by atoms with Crippen molar-refractivity contribution in [3.63, 3.8) is 0 Å². The van der Waals surface area contributed by atoms with Crippen molar-refractivity contribution in [1.82, 2.24) is 9.88 Å². The normalized spacial score (nSPS) is 17.3. The molecule has 1 N–H and O–H groups in total. The van der Waals surface area contributed by atoms with Crippen molar-refractivity contribution >= 4 is 33.5 Å². The Kier molecular flexibility index (Phi) is 5.29. The van der Waals surface area contributed by atoms with E-state index in [1.54, 1.807) is 0 Å². The van der Waals surface area contributed by atoms with Crippen LogP contribution in [0, 0.1) is 0 Å². The number of aromatic nitrogens is 1. The molecule has 178 valence electrons. The van der Waals surface area contributed by atoms with Gasteiger partial charge in [0, 0.05) is 27.6 Å². The van der Waals surface area contributed by atoms with Crippen LogP contribution in [0.4, 0.5) is 0 Å². The van der Waals surface area contributed by atoms with Crippen LogP contribution in [-0.4, -0.2) is 16.2 Å². The Morgan fingerprint density at radius 3 is 1.97 bits per heavy atom. The SMILES string of the molecule is C1=CC(C2=NC(c3ccccc3)N=C(c3ccc(-n4c5ccccc5c5ccccc54)cc3)N2)=CCC1. The van der Waals surface area contributed by atoms with E-state index in [1.807, 2.05) is 18.2 Å². The molecule has 4 nitrogen and oxygen atoms in total. The minimum Gasteiger partial charge on any atom is -0.324 e. The highest BCUT2D eigenvalue weighted by molar-refractivity contribution is 6.17. The van der Waals surface area contributed by atoms with Gasteiger partial charge < -0.3 is 9.88 Å². The number of fused-ring (bicyclic) bond motifs is 3. The van der Waals surface area contributed by atoms with Crippen molar-refractivity contribution in [2.75, 3.05) is 0 Å². The van der Waals surface area contributed by atoms with Crippen LogP contribution in [0.5, 0.6) is 0 Å². The fraction of sp³-hybridized carbons (Fsp3) is 0.0909. The molecule has 1 atom stereocenters. The lowest BCUT2D eigenvalue weighted by molar-refractivity contribution is 0.755. The summed E-state index contributed by atoms with van der Waals surface area (Å²) in [4.78, 5) is 9.99. The van der Waals surface area contributed by atoms with Crippen molar-refractivity contribution in [2.45, 2.75) is 19.0 Å². The molecule has 1 unspecified atom stereocenters. The molecule has 4 heteroatoms. The molecule has 0 bridgehead atoms. The number of hydrogen-bond donors (Lipinski definition) is 1. The van der Waals surface area contributed by atoms with Crippen LogP contribution in [0.25, 0.3) is 27.5 Å². The molecule has 2 heterocycles. The summed E-state index contributed by atoms with van der Waals surface area (Å²) in [6.07, 6.45) is 8.45. The summed E-state index contributed by atoms with van der Waals surface area (Å²) >= 11 is 0. The summed E-state index contributed by atoms with van der Waals surface area (Å²) in [7, 11) is 0. The second-order valence-corrected chi connectivity index (χ2v) is 9.42. The van der Waals surface area contributed by atoms with E-state index < -0.39 is 0 Å². The van der Waals surface area contributed by atoms with Crippen molar-refractivity contribution in [3.8, 4) is 5.69 Å². The number of amidine groups is 2. The zero-order valence-electron chi connectivity index (χ0n) is 20.4. The molecule has 7 rings (SSSR count). The van der Waals surface area contributed by atoms with E-state index in [9.17, 15) is 0 Å². The first-order chi connectivity index (χ1) is 18.3. The van der Waals surface area contributed by atoms with E-state index in [1.165, 1.54) is 21.8 Å². The summed E-state index contributed by atoms with van der Waals surface area (Å²) in [5.41, 5.74) is 6.79. The second-order valence-electron chi connectivity index (χ2n) is 9.42. The molecule has 0 amide bonds. The molecule has 0 fully saturated rings. The molecular formula is C33H26N4. The lowest BCUT2D eigenvalue weighted by atomic mass is 10.0. The monoisotopic (exact) mass is 478 g/mol. The van der Waals surface area contributed by atoms with Crippen LogP contribution in [0.1, 0.15) is 30.1 Å². The highest BCUT2D eigenvalue weighted by Crippen LogP contribution is 2.32. The first-order valence-electron chi connectivity index (χ1n) is 12.8. The predicted molar refractivity (Wildman–Crippen MR) is 154 cm³/mol. The van der Waals surface area contributed by atoms with Gasteiger partial charge in [-0.05, 0) is 54.8 Å². The van der Waals surface area contributed by atoms with Gasteiger partial charge in [0.2, 0.25) is 0 Å². The highest BCUT2D eigenvalue weighted by atomic mass is 15.2. The Hall–Kier alpha value is -4.70. The van der Waals surface area contributed by atoms with E-state index >= 15 is 0 Å². The van der Waals surface area contributed by atoms with Gasteiger partial charge in [-0.25, -0.2) is 9.98 Å². The number of allylic oxidation sites excluding steroid dienone is 2. The number of nitrogens with zero attached hydrogens (tertiary/aromatic N) is 3. The third-order valence-corrected chi connectivity index (χ3v) is 7.08. The quantitative estimate of drug-likeness (QED) is 0.285. The van der Waals surface area contributed by atoms with Crippen LogP contribution in [0.15, 0.2) is 137 Å². The van der Waals surface area contributed by atoms with Crippen LogP contribution >= 0.6 is 0 Å². The Labute approximate surface area is 216 Å². The molecule has 1 aliphatic carbocycles. The van der Waals surface area contributed by atoms with Crippen molar-refractivity contribution in [2.24, 2.45) is 9.98 Å². The zero-order valence-corrected chi connectivity index (χ0v) is 20.4. The summed E-state index contributed by atoms with van der Waals surface area (Å²) in [6, 6.07) is 36.2. The summed E-state index contributed by atoms with van der Waals surface area (Å²) in [5.74, 6) is 1.72. The zero-order chi connectivity index (χ0) is 24.6. The Bertz CT molecular complexity index is 1680. The Balaban J connectivity index is 1.29. The van der Waals surface area contributed by atoms with Crippen LogP contribution < -0.4 is 5.32 Å². The van der Waals surface area contributed by atoms with Crippen molar-refractivity contribution < 1.29 is 0 Å². The maximum Gasteiger partial charge on any atom is 0.169 e. The molecule has 2 aliphatic rings. The summed E-state index contributed by atoms with van der Waals surface area (Å²) < 4.78 is 2.34. The highest BCUT2D eigenvalue weighted by Gasteiger charge is 2.21. The molecule has 0 saturated heterocycles. The molecule has 1 aromatic heterocycles. The Morgan fingerprint density at radius 1 is 0.649 bits per heavy atom. The minimum absolute atomic E-state index is 0.277. The third kappa shape index (κ3) is 3.87. The molecule has 37 heavy (non-hydrogen) atoms. The number of rotatable bonds is 4. The van der Waals surface area contributed by atoms with Gasteiger partial charge in [-0.1, -0.05) is 85.0 Å². The maximum absolute atomic E-state index is 5.02. The first-order valence-corrected chi connectivity index (χ1v) is 12.8. The van der Waals surface area contributed by atoms with E-state index in [0.29, 0.717) is 0 Å². The van der Waals surface area contributed by atoms with Crippen molar-refractivity contribution in [1.29, 1.82) is 0 Å². The number of hydrogen-bond acceptors (Lipinski definition) is 3. The molecule has 0 radical (unpaired) electrons. The second kappa shape index (κ2) is 9.07. The summed E-state index contributed by atoms with van der Waals surface area (Å²) in [5, 5.41) is 6.06. The van der Waals surface area contributed by atoms with Crippen molar-refractivity contribution in [3.05, 3.63) is 138 Å². The van der Waals surface area contributed by atoms with E-state index in [4.69, 9.17) is 9.98 Å². The van der Waals surface area contributed by atoms with Gasteiger partial charge in [-0.3, -0.25) is 0 Å². The number of nitrogens with one attached hydrogen (secondary N) is 1. The van der Waals surface area contributed by atoms with Gasteiger partial charge in [0.1, 0.15) is 11.7 Å². The predicted octanol–water partition coefficient (Wildman–Crippen LogP) is 7.51. The lowest BCUT2D eigenvalue weighted by Gasteiger charge is -2.23. The van der Waals surface area contributed by atoms with Gasteiger partial charge >= 0.3 is 0 Å². The minimum atomic E-state index is -0.277. The Morgan fingerprint density at radius 2 is 1.30 bits per heavy atom. The fourth-order valence-corrected chi connectivity index (χ4v) is 5.28. The van der Waals surface area contributed by atoms with Gasteiger partial charge in [-0.15, -0.1) is 0 Å². The summed E-state index contributed by atoms with van der Waals surface area (Å²) in [6.45, 7) is 0. The average Bonchev–Trinajstić information content (AvgIpc) is 3.32. The lowest BCUT2D eigenvalue weighted by Crippen LogP contribution is -2.36. The van der Waals surface area contributed by atoms with E-state index in [2.05, 4.69) is 113 Å². The molecular weight excluding hydrogens is 452 g/mol. The third-order valence-electron chi connectivity index (χ3n) is 7.08. The van der Waals surface area contributed by atoms with Gasteiger partial charge in [0.05, 0.1) is 11.0 Å². The topological polar surface area (TPSA) is 41.7 Å². The van der Waals surface area contributed by atoms with Gasteiger partial charge in [0.25, 0.3) is 0 Å². The van der Waals surface area contributed by atoms with E-state index in [-0.39, 0.29) is 6.17 Å². The number of para-hydroxylation sites is 2.